The van der Waals surface area contributed by atoms with Crippen LogP contribution < -0.4 is 0 Å². The van der Waals surface area contributed by atoms with Gasteiger partial charge < -0.3 is 5.11 Å². The number of rotatable bonds is 9. The molecule has 1 unspecified atom stereocenters. The first kappa shape index (κ1) is 32.2. The maximum atomic E-state index is 12.1. The molecule has 45 heavy (non-hydrogen) atoms. The summed E-state index contributed by atoms with van der Waals surface area (Å²) in [4.78, 5) is 9.55. The summed E-state index contributed by atoms with van der Waals surface area (Å²) in [7, 11) is -6.54. The predicted octanol–water partition coefficient (Wildman–Crippen LogP) is 6.66. The highest BCUT2D eigenvalue weighted by atomic mass is 32.2. The van der Waals surface area contributed by atoms with Crippen LogP contribution in [0.25, 0.3) is 33.7 Å². The highest BCUT2D eigenvalue weighted by molar-refractivity contribution is 7.91. The minimum atomic E-state index is -3.37. The van der Waals surface area contributed by atoms with Crippen molar-refractivity contribution in [1.29, 1.82) is 0 Å². The number of fused-ring (bicyclic) bond motifs is 1. The zero-order valence-corrected chi connectivity index (χ0v) is 27.5. The lowest BCUT2D eigenvalue weighted by Gasteiger charge is -2.18. The smallest absolute Gasteiger partial charge is 0.175 e. The van der Waals surface area contributed by atoms with Crippen LogP contribution in [0, 0.1) is 0 Å². The van der Waals surface area contributed by atoms with Gasteiger partial charge >= 0.3 is 0 Å². The van der Waals surface area contributed by atoms with Gasteiger partial charge in [0.15, 0.2) is 9.84 Å². The third kappa shape index (κ3) is 7.73. The summed E-state index contributed by atoms with van der Waals surface area (Å²) in [6, 6.07) is 26.2. The second-order valence-electron chi connectivity index (χ2n) is 12.1. The van der Waals surface area contributed by atoms with Gasteiger partial charge in [-0.15, -0.1) is 0 Å². The van der Waals surface area contributed by atoms with Crippen LogP contribution in [0.5, 0.6) is 0 Å². The van der Waals surface area contributed by atoms with E-state index in [9.17, 15) is 21.9 Å². The van der Waals surface area contributed by atoms with Crippen molar-refractivity contribution in [3.8, 4) is 11.1 Å². The number of aromatic nitrogens is 2. The van der Waals surface area contributed by atoms with E-state index in [-0.39, 0.29) is 16.6 Å². The maximum absolute atomic E-state index is 12.1. The number of sulfone groups is 2. The van der Waals surface area contributed by atoms with Gasteiger partial charge in [0.05, 0.1) is 27.5 Å². The van der Waals surface area contributed by atoms with E-state index < -0.39 is 25.3 Å². The van der Waals surface area contributed by atoms with Gasteiger partial charge in [0.2, 0.25) is 0 Å². The summed E-state index contributed by atoms with van der Waals surface area (Å²) in [6.07, 6.45) is 7.82. The van der Waals surface area contributed by atoms with E-state index in [0.29, 0.717) is 11.3 Å². The molecule has 0 radical (unpaired) electrons. The number of hydrogen-bond acceptors (Lipinski definition) is 7. The Bertz CT molecular complexity index is 2110. The largest absolute Gasteiger partial charge is 0.386 e. The standard InChI is InChI=1S/C36H36N2O5S2/c1-24(23-44(4,40)41)29-20-28-10-7-17-37-35(28)33(21-29)27-9-6-8-25(18-27)19-32(26-11-14-31(15-12-26)45(5,42)43)34-16-13-30(22-38-34)36(2,3)39/h6-22,24,39H,23H2,1-5H3/b32-19+. The van der Waals surface area contributed by atoms with Gasteiger partial charge in [-0.05, 0) is 90.6 Å². The molecule has 232 valence electrons. The van der Waals surface area contributed by atoms with Crippen LogP contribution in [-0.2, 0) is 25.3 Å². The second kappa shape index (κ2) is 12.3. The molecule has 0 aliphatic heterocycles. The van der Waals surface area contributed by atoms with Crippen LogP contribution in [-0.4, -0.2) is 50.2 Å². The third-order valence-corrected chi connectivity index (χ3v) is 9.93. The van der Waals surface area contributed by atoms with E-state index in [2.05, 4.69) is 9.97 Å². The Kier molecular flexibility index (Phi) is 8.81. The summed E-state index contributed by atoms with van der Waals surface area (Å²) < 4.78 is 48.4. The molecule has 0 bridgehead atoms. The molecule has 0 fully saturated rings. The maximum Gasteiger partial charge on any atom is 0.175 e. The zero-order chi connectivity index (χ0) is 32.6. The van der Waals surface area contributed by atoms with Crippen molar-refractivity contribution in [3.05, 3.63) is 125 Å². The van der Waals surface area contributed by atoms with Crippen molar-refractivity contribution in [1.82, 2.24) is 9.97 Å². The van der Waals surface area contributed by atoms with Gasteiger partial charge in [0.1, 0.15) is 9.84 Å². The molecular weight excluding hydrogens is 605 g/mol. The van der Waals surface area contributed by atoms with E-state index in [1.54, 1.807) is 50.5 Å². The lowest BCUT2D eigenvalue weighted by molar-refractivity contribution is 0.0782. The number of nitrogens with zero attached hydrogens (tertiary/aromatic N) is 2. The molecule has 2 aromatic heterocycles. The quantitative estimate of drug-likeness (QED) is 0.179. The fraction of sp³-hybridized carbons (Fsp3) is 0.222. The molecule has 5 aromatic rings. The average Bonchev–Trinajstić information content (AvgIpc) is 2.98. The summed E-state index contributed by atoms with van der Waals surface area (Å²) in [5.41, 5.74) is 6.24. The fourth-order valence-electron chi connectivity index (χ4n) is 5.34. The molecule has 2 heterocycles. The molecule has 0 spiro atoms. The van der Waals surface area contributed by atoms with Crippen molar-refractivity contribution in [3.63, 3.8) is 0 Å². The monoisotopic (exact) mass is 640 g/mol. The summed E-state index contributed by atoms with van der Waals surface area (Å²) in [5, 5.41) is 11.4. The molecule has 1 N–H and O–H groups in total. The minimum absolute atomic E-state index is 0.0434. The molecule has 7 nitrogen and oxygen atoms in total. The average molecular weight is 641 g/mol. The lowest BCUT2D eigenvalue weighted by atomic mass is 9.92. The van der Waals surface area contributed by atoms with Crippen LogP contribution in [0.3, 0.4) is 0 Å². The highest BCUT2D eigenvalue weighted by Crippen LogP contribution is 2.34. The van der Waals surface area contributed by atoms with Crippen molar-refractivity contribution in [2.45, 2.75) is 37.2 Å². The van der Waals surface area contributed by atoms with Crippen molar-refractivity contribution in [2.75, 3.05) is 18.3 Å². The van der Waals surface area contributed by atoms with Gasteiger partial charge in [0, 0.05) is 47.0 Å². The number of pyridine rings is 2. The molecule has 1 atom stereocenters. The van der Waals surface area contributed by atoms with Gasteiger partial charge in [0.25, 0.3) is 0 Å². The summed E-state index contributed by atoms with van der Waals surface area (Å²) in [6.45, 7) is 5.32. The Hall–Kier alpha value is -4.18. The molecule has 0 saturated carbocycles. The van der Waals surface area contributed by atoms with Crippen LogP contribution in [0.4, 0.5) is 0 Å². The Morgan fingerprint density at radius 3 is 2.24 bits per heavy atom. The number of hydrogen-bond donors (Lipinski definition) is 1. The van der Waals surface area contributed by atoms with Crippen LogP contribution in [0.1, 0.15) is 54.6 Å². The second-order valence-corrected chi connectivity index (χ2v) is 16.3. The van der Waals surface area contributed by atoms with Crippen molar-refractivity contribution >= 4 is 42.2 Å². The molecule has 5 rings (SSSR count). The third-order valence-electron chi connectivity index (χ3n) is 7.70. The SMILES string of the molecule is CC(CS(C)(=O)=O)c1cc(-c2cccc(/C=C(\c3ccc(S(C)(=O)=O)cc3)c3ccc(C(C)(C)O)cn3)c2)c2ncccc2c1. The van der Waals surface area contributed by atoms with Crippen LogP contribution in [0.2, 0.25) is 0 Å². The molecule has 0 saturated heterocycles. The first-order chi connectivity index (χ1) is 21.1. The van der Waals surface area contributed by atoms with Crippen molar-refractivity contribution < 1.29 is 21.9 Å². The number of benzene rings is 3. The normalized spacial score (nSPS) is 13.6. The lowest BCUT2D eigenvalue weighted by Crippen LogP contribution is -2.15. The summed E-state index contributed by atoms with van der Waals surface area (Å²) >= 11 is 0. The van der Waals surface area contributed by atoms with E-state index in [1.165, 1.54) is 12.5 Å². The van der Waals surface area contributed by atoms with E-state index in [0.717, 1.165) is 44.3 Å². The summed E-state index contributed by atoms with van der Waals surface area (Å²) in [5.74, 6) is -0.160. The molecule has 9 heteroatoms. The van der Waals surface area contributed by atoms with Gasteiger partial charge in [-0.1, -0.05) is 49.4 Å². The van der Waals surface area contributed by atoms with E-state index >= 15 is 0 Å². The molecule has 0 aliphatic rings. The first-order valence-corrected chi connectivity index (χ1v) is 18.4. The van der Waals surface area contributed by atoms with Crippen LogP contribution in [0.15, 0.2) is 102 Å². The Morgan fingerprint density at radius 1 is 0.889 bits per heavy atom. The van der Waals surface area contributed by atoms with E-state index in [1.807, 2.05) is 73.7 Å². The molecular formula is C36H36N2O5S2. The molecule has 3 aromatic carbocycles. The van der Waals surface area contributed by atoms with E-state index in [4.69, 9.17) is 0 Å². The fourth-order valence-corrected chi connectivity index (χ4v) is 7.07. The zero-order valence-electron chi connectivity index (χ0n) is 25.9. The van der Waals surface area contributed by atoms with Gasteiger partial charge in [-0.2, -0.15) is 0 Å². The van der Waals surface area contributed by atoms with Crippen LogP contribution >= 0.6 is 0 Å². The van der Waals surface area contributed by atoms with Gasteiger partial charge in [-0.25, -0.2) is 16.8 Å². The van der Waals surface area contributed by atoms with Gasteiger partial charge in [-0.3, -0.25) is 9.97 Å². The minimum Gasteiger partial charge on any atom is -0.386 e. The Labute approximate surface area is 265 Å². The highest BCUT2D eigenvalue weighted by Gasteiger charge is 2.19. The topological polar surface area (TPSA) is 114 Å². The Morgan fingerprint density at radius 2 is 1.62 bits per heavy atom. The molecule has 0 aliphatic carbocycles. The number of aliphatic hydroxyl groups is 1. The predicted molar refractivity (Wildman–Crippen MR) is 181 cm³/mol. The first-order valence-electron chi connectivity index (χ1n) is 14.5. The Balaban J connectivity index is 1.65. The molecule has 0 amide bonds. The van der Waals surface area contributed by atoms with Crippen molar-refractivity contribution in [2.24, 2.45) is 0 Å².